The van der Waals surface area contributed by atoms with E-state index in [1.807, 2.05) is 52.3 Å². The van der Waals surface area contributed by atoms with Crippen molar-refractivity contribution in [1.82, 2.24) is 10.2 Å². The SMILES string of the molecule is O=C([C@@H]1CN(C(=S)NCCc2ccccc2)c2ccccc2O1)N1CCCCC1. The highest BCUT2D eigenvalue weighted by Gasteiger charge is 2.35. The summed E-state index contributed by atoms with van der Waals surface area (Å²) in [7, 11) is 0. The van der Waals surface area contributed by atoms with Gasteiger partial charge < -0.3 is 19.9 Å². The molecule has 0 aromatic heterocycles. The maximum atomic E-state index is 13.0. The Morgan fingerprint density at radius 2 is 1.76 bits per heavy atom. The molecule has 1 amide bonds. The molecule has 0 unspecified atom stereocenters. The number of carbonyl (C=O) groups excluding carboxylic acids is 1. The molecule has 2 aromatic rings. The molecule has 1 saturated heterocycles. The van der Waals surface area contributed by atoms with E-state index >= 15 is 0 Å². The van der Waals surface area contributed by atoms with Gasteiger partial charge in [-0.2, -0.15) is 0 Å². The molecule has 2 aromatic carbocycles. The van der Waals surface area contributed by atoms with Crippen LogP contribution in [0.5, 0.6) is 5.75 Å². The summed E-state index contributed by atoms with van der Waals surface area (Å²) < 4.78 is 6.08. The van der Waals surface area contributed by atoms with Crippen LogP contribution in [0.1, 0.15) is 24.8 Å². The second-order valence-electron chi connectivity index (χ2n) is 7.54. The van der Waals surface area contributed by atoms with Crippen molar-refractivity contribution in [2.45, 2.75) is 31.8 Å². The molecule has 152 valence electrons. The van der Waals surface area contributed by atoms with Gasteiger partial charge in [-0.25, -0.2) is 0 Å². The summed E-state index contributed by atoms with van der Waals surface area (Å²) in [6.45, 7) is 2.82. The van der Waals surface area contributed by atoms with E-state index in [0.717, 1.165) is 44.6 Å². The molecule has 0 bridgehead atoms. The summed E-state index contributed by atoms with van der Waals surface area (Å²) in [6.07, 6.45) is 3.69. The second-order valence-corrected chi connectivity index (χ2v) is 7.92. The van der Waals surface area contributed by atoms with Gasteiger partial charge in [-0.05, 0) is 55.6 Å². The minimum atomic E-state index is -0.531. The number of nitrogens with one attached hydrogen (secondary N) is 1. The van der Waals surface area contributed by atoms with Gasteiger partial charge in [-0.15, -0.1) is 0 Å². The van der Waals surface area contributed by atoms with E-state index in [1.54, 1.807) is 0 Å². The number of ether oxygens (including phenoxy) is 1. The number of para-hydroxylation sites is 2. The van der Waals surface area contributed by atoms with Crippen LogP contribution in [0, 0.1) is 0 Å². The highest BCUT2D eigenvalue weighted by molar-refractivity contribution is 7.80. The predicted molar refractivity (Wildman–Crippen MR) is 119 cm³/mol. The average molecular weight is 410 g/mol. The van der Waals surface area contributed by atoms with Crippen molar-refractivity contribution in [3.63, 3.8) is 0 Å². The van der Waals surface area contributed by atoms with Crippen molar-refractivity contribution in [1.29, 1.82) is 0 Å². The normalized spacial score (nSPS) is 18.6. The Balaban J connectivity index is 1.44. The predicted octanol–water partition coefficient (Wildman–Crippen LogP) is 3.38. The van der Waals surface area contributed by atoms with Gasteiger partial charge >= 0.3 is 0 Å². The second kappa shape index (κ2) is 9.27. The molecule has 0 radical (unpaired) electrons. The molecule has 4 rings (SSSR count). The first kappa shape index (κ1) is 19.7. The molecule has 2 aliphatic rings. The van der Waals surface area contributed by atoms with Crippen LogP contribution in [0.4, 0.5) is 5.69 Å². The molecule has 1 N–H and O–H groups in total. The summed E-state index contributed by atoms with van der Waals surface area (Å²) in [4.78, 5) is 17.0. The lowest BCUT2D eigenvalue weighted by molar-refractivity contribution is -0.139. The van der Waals surface area contributed by atoms with E-state index < -0.39 is 6.10 Å². The number of carbonyl (C=O) groups is 1. The van der Waals surface area contributed by atoms with Crippen LogP contribution in [0.2, 0.25) is 0 Å². The number of likely N-dealkylation sites (tertiary alicyclic amines) is 1. The quantitative estimate of drug-likeness (QED) is 0.785. The molecule has 29 heavy (non-hydrogen) atoms. The summed E-state index contributed by atoms with van der Waals surface area (Å²) in [5.74, 6) is 0.776. The summed E-state index contributed by atoms with van der Waals surface area (Å²) >= 11 is 5.70. The minimum absolute atomic E-state index is 0.0660. The highest BCUT2D eigenvalue weighted by Crippen LogP contribution is 2.33. The van der Waals surface area contributed by atoms with Crippen molar-refractivity contribution in [2.75, 3.05) is 31.1 Å². The Morgan fingerprint density at radius 3 is 2.55 bits per heavy atom. The third-order valence-corrected chi connectivity index (χ3v) is 5.86. The van der Waals surface area contributed by atoms with Crippen LogP contribution >= 0.6 is 12.2 Å². The van der Waals surface area contributed by atoms with E-state index in [9.17, 15) is 4.79 Å². The summed E-state index contributed by atoms with van der Waals surface area (Å²) in [5.41, 5.74) is 2.18. The molecule has 0 spiro atoms. The molecule has 0 saturated carbocycles. The Labute approximate surface area is 177 Å². The zero-order valence-corrected chi connectivity index (χ0v) is 17.4. The number of amides is 1. The molecule has 6 heteroatoms. The lowest BCUT2D eigenvalue weighted by Gasteiger charge is -2.38. The lowest BCUT2D eigenvalue weighted by Crippen LogP contribution is -2.54. The summed E-state index contributed by atoms with van der Waals surface area (Å²) in [6, 6.07) is 18.1. The number of rotatable bonds is 4. The van der Waals surface area contributed by atoms with Gasteiger partial charge in [0, 0.05) is 19.6 Å². The minimum Gasteiger partial charge on any atom is -0.476 e. The number of anilines is 1. The fourth-order valence-electron chi connectivity index (χ4n) is 3.93. The van der Waals surface area contributed by atoms with Crippen molar-refractivity contribution < 1.29 is 9.53 Å². The number of piperidine rings is 1. The van der Waals surface area contributed by atoms with Crippen molar-refractivity contribution in [3.8, 4) is 5.75 Å². The van der Waals surface area contributed by atoms with Gasteiger partial charge in [0.15, 0.2) is 11.2 Å². The number of fused-ring (bicyclic) bond motifs is 1. The standard InChI is InChI=1S/C23H27N3O2S/c27-22(25-15-7-2-8-16-25)21-17-26(19-11-5-6-12-20(19)28-21)23(29)24-14-13-18-9-3-1-4-10-18/h1,3-6,9-12,21H,2,7-8,13-17H2,(H,24,29)/t21-/m0/s1. The van der Waals surface area contributed by atoms with Crippen LogP contribution < -0.4 is 15.0 Å². The molecule has 2 heterocycles. The number of thiocarbonyl (C=S) groups is 1. The van der Waals surface area contributed by atoms with E-state index in [4.69, 9.17) is 17.0 Å². The first-order chi connectivity index (χ1) is 14.2. The Hall–Kier alpha value is -2.60. The fraction of sp³-hybridized carbons (Fsp3) is 0.391. The molecule has 1 fully saturated rings. The number of nitrogens with zero attached hydrogens (tertiary/aromatic N) is 2. The van der Waals surface area contributed by atoms with Gasteiger partial charge in [0.2, 0.25) is 0 Å². The van der Waals surface area contributed by atoms with Crippen molar-refractivity contribution >= 4 is 28.9 Å². The zero-order chi connectivity index (χ0) is 20.1. The van der Waals surface area contributed by atoms with Gasteiger partial charge in [0.25, 0.3) is 5.91 Å². The fourth-order valence-corrected chi connectivity index (χ4v) is 4.20. The van der Waals surface area contributed by atoms with E-state index in [2.05, 4.69) is 17.4 Å². The topological polar surface area (TPSA) is 44.8 Å². The Morgan fingerprint density at radius 1 is 1.03 bits per heavy atom. The number of hydrogen-bond donors (Lipinski definition) is 1. The molecular weight excluding hydrogens is 382 g/mol. The maximum absolute atomic E-state index is 13.0. The average Bonchev–Trinajstić information content (AvgIpc) is 2.79. The Kier molecular flexibility index (Phi) is 6.30. The number of benzene rings is 2. The molecule has 0 aliphatic carbocycles. The van der Waals surface area contributed by atoms with Crippen LogP contribution in [0.3, 0.4) is 0 Å². The number of hydrogen-bond acceptors (Lipinski definition) is 3. The van der Waals surface area contributed by atoms with E-state index in [-0.39, 0.29) is 5.91 Å². The first-order valence-corrected chi connectivity index (χ1v) is 10.8. The van der Waals surface area contributed by atoms with Crippen molar-refractivity contribution in [3.05, 3.63) is 60.2 Å². The molecule has 5 nitrogen and oxygen atoms in total. The monoisotopic (exact) mass is 409 g/mol. The smallest absolute Gasteiger partial charge is 0.265 e. The highest BCUT2D eigenvalue weighted by atomic mass is 32.1. The molecule has 2 aliphatic heterocycles. The van der Waals surface area contributed by atoms with Crippen LogP contribution in [0.15, 0.2) is 54.6 Å². The third kappa shape index (κ3) is 4.70. The van der Waals surface area contributed by atoms with Crippen LogP contribution in [-0.2, 0) is 11.2 Å². The maximum Gasteiger partial charge on any atom is 0.265 e. The Bertz CT molecular complexity index is 852. The van der Waals surface area contributed by atoms with Gasteiger partial charge in [0.1, 0.15) is 5.75 Å². The zero-order valence-electron chi connectivity index (χ0n) is 16.5. The van der Waals surface area contributed by atoms with Crippen molar-refractivity contribution in [2.24, 2.45) is 0 Å². The van der Waals surface area contributed by atoms with Gasteiger partial charge in [-0.3, -0.25) is 4.79 Å². The largest absolute Gasteiger partial charge is 0.476 e. The van der Waals surface area contributed by atoms with Gasteiger partial charge in [-0.1, -0.05) is 42.5 Å². The van der Waals surface area contributed by atoms with E-state index in [1.165, 1.54) is 12.0 Å². The molecular formula is C23H27N3O2S. The summed E-state index contributed by atoms with van der Waals surface area (Å²) in [5, 5.41) is 3.99. The van der Waals surface area contributed by atoms with Crippen LogP contribution in [0.25, 0.3) is 0 Å². The first-order valence-electron chi connectivity index (χ1n) is 10.4. The third-order valence-electron chi connectivity index (χ3n) is 5.49. The van der Waals surface area contributed by atoms with E-state index in [0.29, 0.717) is 17.4 Å². The molecule has 1 atom stereocenters. The lowest BCUT2D eigenvalue weighted by atomic mass is 10.1. The van der Waals surface area contributed by atoms with Crippen LogP contribution in [-0.4, -0.2) is 48.2 Å². The van der Waals surface area contributed by atoms with Gasteiger partial charge in [0.05, 0.1) is 12.2 Å².